The Morgan fingerprint density at radius 3 is 1.25 bits per heavy atom. The molecule has 0 radical (unpaired) electrons. The zero-order valence-corrected chi connectivity index (χ0v) is 21.8. The smallest absolute Gasteiger partial charge is 0.166 e. The predicted molar refractivity (Wildman–Crippen MR) is 146 cm³/mol. The van der Waals surface area contributed by atoms with Gasteiger partial charge in [-0.05, 0) is 72.8 Å². The van der Waals surface area contributed by atoms with E-state index in [4.69, 9.17) is 0 Å². The van der Waals surface area contributed by atoms with Crippen LogP contribution in [0.3, 0.4) is 0 Å². The standard InChI is InChI=1S/C24H19S2.C6H6O3S/c1-4-10-20(11-5-1)25-21-16-18-24(19-17-21)26(22-12-6-2-7-13-22)23-14-8-3-9-15-23;7-10(8,9)6-4-2-1-3-5-6/h1-19H;1-5H,(H,7,8,9)/q+1;/p-1. The van der Waals surface area contributed by atoms with Gasteiger partial charge in [0.05, 0.1) is 15.8 Å². The van der Waals surface area contributed by atoms with Crippen molar-refractivity contribution in [3.8, 4) is 0 Å². The van der Waals surface area contributed by atoms with E-state index in [9.17, 15) is 13.0 Å². The van der Waals surface area contributed by atoms with E-state index in [1.54, 1.807) is 17.8 Å². The Morgan fingerprint density at radius 2 is 0.833 bits per heavy atom. The molecule has 3 nitrogen and oxygen atoms in total. The van der Waals surface area contributed by atoms with Gasteiger partial charge in [-0.15, -0.1) is 0 Å². The zero-order valence-electron chi connectivity index (χ0n) is 19.3. The van der Waals surface area contributed by atoms with E-state index in [0.29, 0.717) is 0 Å². The molecule has 180 valence electrons. The summed E-state index contributed by atoms with van der Waals surface area (Å²) in [6, 6.07) is 48.3. The van der Waals surface area contributed by atoms with Crippen LogP contribution < -0.4 is 0 Å². The van der Waals surface area contributed by atoms with E-state index in [0.717, 1.165) is 0 Å². The molecule has 0 amide bonds. The predicted octanol–water partition coefficient (Wildman–Crippen LogP) is 7.52. The van der Waals surface area contributed by atoms with Gasteiger partial charge in [-0.3, -0.25) is 0 Å². The molecule has 0 aliphatic heterocycles. The molecule has 0 saturated heterocycles. The molecule has 6 heteroatoms. The van der Waals surface area contributed by atoms with Crippen molar-refractivity contribution < 1.29 is 13.0 Å². The first-order chi connectivity index (χ1) is 17.5. The Hall–Kier alpha value is -3.29. The van der Waals surface area contributed by atoms with E-state index in [2.05, 4.69) is 115 Å². The van der Waals surface area contributed by atoms with Crippen molar-refractivity contribution in [2.24, 2.45) is 0 Å². The van der Waals surface area contributed by atoms with Crippen LogP contribution in [-0.4, -0.2) is 13.0 Å². The minimum Gasteiger partial charge on any atom is -0.744 e. The fourth-order valence-corrected chi connectivity index (χ4v) is 6.79. The van der Waals surface area contributed by atoms with Gasteiger partial charge < -0.3 is 4.55 Å². The highest BCUT2D eigenvalue weighted by Gasteiger charge is 2.28. The summed E-state index contributed by atoms with van der Waals surface area (Å²) in [7, 11) is -4.33. The molecular weight excluding hydrogens is 505 g/mol. The van der Waals surface area contributed by atoms with Crippen molar-refractivity contribution >= 4 is 32.8 Å². The second-order valence-electron chi connectivity index (χ2n) is 7.59. The van der Waals surface area contributed by atoms with Crippen LogP contribution >= 0.6 is 11.8 Å². The lowest BCUT2D eigenvalue weighted by Crippen LogP contribution is -2.04. The first-order valence-electron chi connectivity index (χ1n) is 11.2. The SMILES string of the molecule is O=S(=O)([O-])c1ccccc1.c1ccc(Sc2ccc([S+](c3ccccc3)c3ccccc3)cc2)cc1. The summed E-state index contributed by atoms with van der Waals surface area (Å²) in [4.78, 5) is 6.40. The zero-order chi connectivity index (χ0) is 25.2. The molecule has 0 heterocycles. The number of rotatable bonds is 6. The van der Waals surface area contributed by atoms with Crippen LogP contribution in [0.1, 0.15) is 0 Å². The molecule has 5 aromatic rings. The Kier molecular flexibility index (Phi) is 9.03. The molecular formula is C30H24O3S3. The summed E-state index contributed by atoms with van der Waals surface area (Å²) in [5.41, 5.74) is 0. The van der Waals surface area contributed by atoms with Gasteiger partial charge in [0.15, 0.2) is 14.7 Å². The lowest BCUT2D eigenvalue weighted by atomic mass is 10.3. The van der Waals surface area contributed by atoms with Crippen LogP contribution in [0.15, 0.2) is 175 Å². The summed E-state index contributed by atoms with van der Waals surface area (Å²) >= 11 is 1.80. The van der Waals surface area contributed by atoms with E-state index in [-0.39, 0.29) is 15.8 Å². The molecule has 0 aromatic heterocycles. The van der Waals surface area contributed by atoms with Crippen LogP contribution in [0.5, 0.6) is 0 Å². The van der Waals surface area contributed by atoms with Gasteiger partial charge in [-0.2, -0.15) is 0 Å². The highest BCUT2D eigenvalue weighted by Crippen LogP contribution is 2.33. The van der Waals surface area contributed by atoms with Crippen molar-refractivity contribution in [2.45, 2.75) is 29.4 Å². The third-order valence-corrected chi connectivity index (χ3v) is 9.12. The van der Waals surface area contributed by atoms with Crippen molar-refractivity contribution in [1.82, 2.24) is 0 Å². The number of hydrogen-bond donors (Lipinski definition) is 0. The van der Waals surface area contributed by atoms with Gasteiger partial charge in [0.2, 0.25) is 0 Å². The Labute approximate surface area is 220 Å². The summed E-state index contributed by atoms with van der Waals surface area (Å²) in [6.45, 7) is 0. The van der Waals surface area contributed by atoms with Crippen molar-refractivity contribution in [1.29, 1.82) is 0 Å². The van der Waals surface area contributed by atoms with Crippen LogP contribution in [0, 0.1) is 0 Å². The van der Waals surface area contributed by atoms with E-state index >= 15 is 0 Å². The minimum absolute atomic E-state index is 0.0786. The summed E-state index contributed by atoms with van der Waals surface area (Å²) < 4.78 is 30.8. The number of benzene rings is 5. The highest BCUT2D eigenvalue weighted by atomic mass is 32.2. The Morgan fingerprint density at radius 1 is 0.472 bits per heavy atom. The molecule has 5 rings (SSSR count). The second-order valence-corrected chi connectivity index (χ2v) is 12.1. The molecule has 0 N–H and O–H groups in total. The van der Waals surface area contributed by atoms with Gasteiger partial charge in [-0.25, -0.2) is 8.42 Å². The van der Waals surface area contributed by atoms with Crippen LogP contribution in [0.25, 0.3) is 0 Å². The normalized spacial score (nSPS) is 10.9. The molecule has 0 fully saturated rings. The highest BCUT2D eigenvalue weighted by molar-refractivity contribution is 7.99. The average Bonchev–Trinajstić information content (AvgIpc) is 2.92. The number of hydrogen-bond acceptors (Lipinski definition) is 4. The third-order valence-electron chi connectivity index (χ3n) is 5.03. The Balaban J connectivity index is 0.000000256. The molecule has 5 aromatic carbocycles. The topological polar surface area (TPSA) is 57.2 Å². The average molecular weight is 529 g/mol. The largest absolute Gasteiger partial charge is 0.744 e. The van der Waals surface area contributed by atoms with E-state index in [1.807, 2.05) is 0 Å². The Bertz CT molecular complexity index is 1400. The van der Waals surface area contributed by atoms with E-state index < -0.39 is 10.1 Å². The molecule has 0 spiro atoms. The third kappa shape index (κ3) is 7.35. The van der Waals surface area contributed by atoms with Gasteiger partial charge in [-0.1, -0.05) is 84.6 Å². The van der Waals surface area contributed by atoms with Crippen LogP contribution in [0.4, 0.5) is 0 Å². The monoisotopic (exact) mass is 528 g/mol. The molecule has 0 bridgehead atoms. The second kappa shape index (κ2) is 12.6. The molecule has 0 atom stereocenters. The van der Waals surface area contributed by atoms with Gasteiger partial charge in [0.1, 0.15) is 10.1 Å². The fourth-order valence-electron chi connectivity index (χ4n) is 3.38. The lowest BCUT2D eigenvalue weighted by Gasteiger charge is -2.08. The fraction of sp³-hybridized carbons (Fsp3) is 0. The molecule has 0 saturated carbocycles. The molecule has 0 aliphatic carbocycles. The van der Waals surface area contributed by atoms with E-state index in [1.165, 1.54) is 48.7 Å². The maximum Gasteiger partial charge on any atom is 0.166 e. The van der Waals surface area contributed by atoms with Crippen LogP contribution in [-0.2, 0) is 21.0 Å². The van der Waals surface area contributed by atoms with Crippen molar-refractivity contribution in [3.63, 3.8) is 0 Å². The summed E-state index contributed by atoms with van der Waals surface area (Å²) in [5.74, 6) is 0. The molecule has 36 heavy (non-hydrogen) atoms. The molecule has 0 unspecified atom stereocenters. The minimum atomic E-state index is -4.25. The maximum absolute atomic E-state index is 10.3. The maximum atomic E-state index is 10.3. The molecule has 0 aliphatic rings. The van der Waals surface area contributed by atoms with Gasteiger partial charge in [0, 0.05) is 9.79 Å². The summed E-state index contributed by atoms with van der Waals surface area (Å²) in [6.07, 6.45) is 0. The first-order valence-corrected chi connectivity index (χ1v) is 14.6. The van der Waals surface area contributed by atoms with Crippen LogP contribution in [0.2, 0.25) is 0 Å². The lowest BCUT2D eigenvalue weighted by molar-refractivity contribution is 0.463. The van der Waals surface area contributed by atoms with Gasteiger partial charge >= 0.3 is 0 Å². The first kappa shape index (κ1) is 25.8. The quantitative estimate of drug-likeness (QED) is 0.169. The van der Waals surface area contributed by atoms with Crippen molar-refractivity contribution in [2.75, 3.05) is 0 Å². The van der Waals surface area contributed by atoms with Crippen molar-refractivity contribution in [3.05, 3.63) is 146 Å². The van der Waals surface area contributed by atoms with Gasteiger partial charge in [0.25, 0.3) is 0 Å². The summed E-state index contributed by atoms with van der Waals surface area (Å²) in [5, 5.41) is 0.